The van der Waals surface area contributed by atoms with Gasteiger partial charge in [0.25, 0.3) is 0 Å². The highest BCUT2D eigenvalue weighted by atomic mass is 16.5. The molecular formula is C22H29N3O2. The Bertz CT molecular complexity index is 821. The van der Waals surface area contributed by atoms with Crippen molar-refractivity contribution >= 4 is 12.0 Å². The number of carbonyl (C=O) groups is 1. The number of nitrogens with zero attached hydrogens (tertiary/aromatic N) is 3. The number of aryl methyl sites for hydroxylation is 1. The minimum absolute atomic E-state index is 0.333. The van der Waals surface area contributed by atoms with Gasteiger partial charge in [-0.15, -0.1) is 0 Å². The van der Waals surface area contributed by atoms with Crippen LogP contribution in [0.1, 0.15) is 47.0 Å². The first-order chi connectivity index (χ1) is 13.0. The first-order valence-electron chi connectivity index (χ1n) is 9.60. The van der Waals surface area contributed by atoms with Crippen LogP contribution in [0, 0.1) is 20.8 Å². The standard InChI is InChI=1S/C22H29N3O2/c1-16-17(2)23-25(18(16)3)15-14-24-13-5-6-21(24)20-10-7-19(8-11-20)9-12-22(26)27-4/h7-12,21H,5-6,13-15H2,1-4H3. The average molecular weight is 367 g/mol. The molecule has 1 aliphatic heterocycles. The minimum atomic E-state index is -0.333. The van der Waals surface area contributed by atoms with Crippen LogP contribution in [0.25, 0.3) is 6.08 Å². The molecule has 2 heterocycles. The molecule has 0 saturated carbocycles. The molecule has 1 saturated heterocycles. The summed E-state index contributed by atoms with van der Waals surface area (Å²) in [4.78, 5) is 13.8. The van der Waals surface area contributed by atoms with E-state index in [1.807, 2.05) is 0 Å². The molecule has 1 atom stereocenters. The van der Waals surface area contributed by atoms with Gasteiger partial charge in [-0.25, -0.2) is 4.79 Å². The number of rotatable bonds is 6. The van der Waals surface area contributed by atoms with E-state index in [-0.39, 0.29) is 5.97 Å². The fraction of sp³-hybridized carbons (Fsp3) is 0.455. The smallest absolute Gasteiger partial charge is 0.330 e. The summed E-state index contributed by atoms with van der Waals surface area (Å²) < 4.78 is 6.77. The number of aromatic nitrogens is 2. The van der Waals surface area contributed by atoms with Crippen molar-refractivity contribution < 1.29 is 9.53 Å². The maximum atomic E-state index is 11.2. The van der Waals surface area contributed by atoms with Crippen molar-refractivity contribution in [2.75, 3.05) is 20.2 Å². The van der Waals surface area contributed by atoms with Gasteiger partial charge in [-0.2, -0.15) is 5.10 Å². The van der Waals surface area contributed by atoms with Crippen LogP contribution in [0.3, 0.4) is 0 Å². The lowest BCUT2D eigenvalue weighted by molar-refractivity contribution is -0.134. The number of benzene rings is 1. The zero-order chi connectivity index (χ0) is 19.4. The molecule has 3 rings (SSSR count). The van der Waals surface area contributed by atoms with Gasteiger partial charge in [0.15, 0.2) is 0 Å². The Balaban J connectivity index is 1.64. The number of carbonyl (C=O) groups excluding carboxylic acids is 1. The van der Waals surface area contributed by atoms with Crippen LogP contribution in [-0.4, -0.2) is 40.8 Å². The Hall–Kier alpha value is -2.40. The van der Waals surface area contributed by atoms with Crippen LogP contribution in [0.15, 0.2) is 30.3 Å². The molecule has 1 unspecified atom stereocenters. The van der Waals surface area contributed by atoms with E-state index in [9.17, 15) is 4.79 Å². The van der Waals surface area contributed by atoms with Crippen molar-refractivity contribution in [3.63, 3.8) is 0 Å². The highest BCUT2D eigenvalue weighted by Crippen LogP contribution is 2.32. The Morgan fingerprint density at radius 2 is 1.96 bits per heavy atom. The quantitative estimate of drug-likeness (QED) is 0.575. The lowest BCUT2D eigenvalue weighted by atomic mass is 10.0. The second-order valence-electron chi connectivity index (χ2n) is 7.24. The first kappa shape index (κ1) is 19.4. The van der Waals surface area contributed by atoms with Gasteiger partial charge in [-0.1, -0.05) is 24.3 Å². The summed E-state index contributed by atoms with van der Waals surface area (Å²) in [5.74, 6) is -0.333. The summed E-state index contributed by atoms with van der Waals surface area (Å²) in [7, 11) is 1.39. The third-order valence-electron chi connectivity index (χ3n) is 5.64. The first-order valence-corrected chi connectivity index (χ1v) is 9.60. The molecule has 0 radical (unpaired) electrons. The second kappa shape index (κ2) is 8.53. The largest absolute Gasteiger partial charge is 0.466 e. The summed E-state index contributed by atoms with van der Waals surface area (Å²) in [6.07, 6.45) is 5.65. The van der Waals surface area contributed by atoms with Crippen molar-refractivity contribution in [3.05, 3.63) is 58.4 Å². The van der Waals surface area contributed by atoms with E-state index in [4.69, 9.17) is 0 Å². The van der Waals surface area contributed by atoms with Crippen LogP contribution in [-0.2, 0) is 16.1 Å². The number of esters is 1. The minimum Gasteiger partial charge on any atom is -0.466 e. The molecule has 5 heteroatoms. The van der Waals surface area contributed by atoms with Crippen molar-refractivity contribution in [1.29, 1.82) is 0 Å². The monoisotopic (exact) mass is 367 g/mol. The van der Waals surface area contributed by atoms with Crippen molar-refractivity contribution in [1.82, 2.24) is 14.7 Å². The van der Waals surface area contributed by atoms with Gasteiger partial charge < -0.3 is 4.74 Å². The number of likely N-dealkylation sites (tertiary alicyclic amines) is 1. The Kier molecular flexibility index (Phi) is 6.11. The molecule has 1 aromatic heterocycles. The molecule has 0 N–H and O–H groups in total. The van der Waals surface area contributed by atoms with E-state index in [0.717, 1.165) is 30.9 Å². The molecule has 144 valence electrons. The number of methoxy groups -OCH3 is 1. The lowest BCUT2D eigenvalue weighted by Crippen LogP contribution is -2.27. The van der Waals surface area contributed by atoms with Crippen LogP contribution in [0.4, 0.5) is 0 Å². The topological polar surface area (TPSA) is 47.4 Å². The van der Waals surface area contributed by atoms with Crippen LogP contribution in [0.2, 0.25) is 0 Å². The van der Waals surface area contributed by atoms with Crippen molar-refractivity contribution in [2.45, 2.75) is 46.2 Å². The summed E-state index contributed by atoms with van der Waals surface area (Å²) in [5, 5.41) is 4.67. The summed E-state index contributed by atoms with van der Waals surface area (Å²) >= 11 is 0. The Labute approximate surface area is 161 Å². The predicted octanol–water partition coefficient (Wildman–Crippen LogP) is 3.83. The lowest BCUT2D eigenvalue weighted by Gasteiger charge is -2.25. The number of ether oxygens (including phenoxy) is 1. The molecule has 5 nitrogen and oxygen atoms in total. The van der Waals surface area contributed by atoms with E-state index in [2.05, 4.69) is 64.5 Å². The molecule has 1 aliphatic rings. The van der Waals surface area contributed by atoms with E-state index in [0.29, 0.717) is 6.04 Å². The normalized spacial score (nSPS) is 17.7. The number of hydrogen-bond donors (Lipinski definition) is 0. The van der Waals surface area contributed by atoms with E-state index in [1.54, 1.807) is 6.08 Å². The van der Waals surface area contributed by atoms with E-state index >= 15 is 0 Å². The van der Waals surface area contributed by atoms with Gasteiger partial charge in [0.2, 0.25) is 0 Å². The zero-order valence-electron chi connectivity index (χ0n) is 16.7. The molecule has 2 aromatic rings. The third-order valence-corrected chi connectivity index (χ3v) is 5.64. The van der Waals surface area contributed by atoms with Crippen molar-refractivity contribution in [3.8, 4) is 0 Å². The molecular weight excluding hydrogens is 338 g/mol. The highest BCUT2D eigenvalue weighted by Gasteiger charge is 2.25. The maximum absolute atomic E-state index is 11.2. The maximum Gasteiger partial charge on any atom is 0.330 e. The van der Waals surface area contributed by atoms with Gasteiger partial charge >= 0.3 is 5.97 Å². The molecule has 0 spiro atoms. The Morgan fingerprint density at radius 3 is 2.59 bits per heavy atom. The molecule has 27 heavy (non-hydrogen) atoms. The fourth-order valence-electron chi connectivity index (χ4n) is 3.76. The van der Waals surface area contributed by atoms with E-state index < -0.39 is 0 Å². The summed E-state index contributed by atoms with van der Waals surface area (Å²) in [6.45, 7) is 9.44. The van der Waals surface area contributed by atoms with Crippen molar-refractivity contribution in [2.24, 2.45) is 0 Å². The molecule has 0 aliphatic carbocycles. The third kappa shape index (κ3) is 4.48. The number of hydrogen-bond acceptors (Lipinski definition) is 4. The van der Waals surface area contributed by atoms with Gasteiger partial charge in [0, 0.05) is 24.4 Å². The Morgan fingerprint density at radius 1 is 1.22 bits per heavy atom. The van der Waals surface area contributed by atoms with Gasteiger partial charge in [0.05, 0.1) is 19.3 Å². The van der Waals surface area contributed by atoms with Gasteiger partial charge in [0.1, 0.15) is 0 Å². The highest BCUT2D eigenvalue weighted by molar-refractivity contribution is 5.86. The molecule has 0 bridgehead atoms. The summed E-state index contributed by atoms with van der Waals surface area (Å²) in [6, 6.07) is 8.94. The molecule has 0 amide bonds. The average Bonchev–Trinajstić information content (AvgIpc) is 3.25. The summed E-state index contributed by atoms with van der Waals surface area (Å²) in [5.41, 5.74) is 6.04. The zero-order valence-corrected chi connectivity index (χ0v) is 16.7. The van der Waals surface area contributed by atoms with Crippen LogP contribution in [0.5, 0.6) is 0 Å². The fourth-order valence-corrected chi connectivity index (χ4v) is 3.76. The van der Waals surface area contributed by atoms with Crippen LogP contribution >= 0.6 is 0 Å². The predicted molar refractivity (Wildman–Crippen MR) is 107 cm³/mol. The second-order valence-corrected chi connectivity index (χ2v) is 7.24. The van der Waals surface area contributed by atoms with E-state index in [1.165, 1.54) is 42.8 Å². The molecule has 1 aromatic carbocycles. The SMILES string of the molecule is COC(=O)C=Cc1ccc(C2CCCN2CCn2nc(C)c(C)c2C)cc1. The van der Waals surface area contributed by atoms with Crippen LogP contribution < -0.4 is 0 Å². The van der Waals surface area contributed by atoms with Gasteiger partial charge in [-0.05, 0) is 62.9 Å². The molecule has 1 fully saturated rings. The van der Waals surface area contributed by atoms with Gasteiger partial charge in [-0.3, -0.25) is 9.58 Å².